The summed E-state index contributed by atoms with van der Waals surface area (Å²) in [6.45, 7) is 5.76. The van der Waals surface area contributed by atoms with E-state index in [0.717, 1.165) is 76.1 Å². The number of ether oxygens (including phenoxy) is 1. The highest BCUT2D eigenvalue weighted by molar-refractivity contribution is 5.85. The second kappa shape index (κ2) is 11.2. The molecule has 0 bridgehead atoms. The molecule has 1 N–H and O–H groups in total. The third-order valence-corrected chi connectivity index (χ3v) is 9.19. The van der Waals surface area contributed by atoms with Crippen molar-refractivity contribution in [3.05, 3.63) is 65.7 Å². The Morgan fingerprint density at radius 2 is 1.69 bits per heavy atom. The zero-order valence-corrected chi connectivity index (χ0v) is 22.9. The minimum Gasteiger partial charge on any atom is -0.497 e. The van der Waals surface area contributed by atoms with Crippen molar-refractivity contribution < 1.29 is 19.2 Å². The first kappa shape index (κ1) is 26.1. The maximum Gasteiger partial charge on any atom is 0.426 e. The van der Waals surface area contributed by atoms with E-state index in [-0.39, 0.29) is 17.6 Å². The first-order valence-corrected chi connectivity index (χ1v) is 14.4. The van der Waals surface area contributed by atoms with E-state index in [9.17, 15) is 9.59 Å². The number of hydrogen-bond donors (Lipinski definition) is 1. The lowest BCUT2D eigenvalue weighted by Crippen LogP contribution is -2.46. The molecular formula is C31H40N4O4. The molecule has 8 heteroatoms. The molecule has 8 nitrogen and oxygen atoms in total. The summed E-state index contributed by atoms with van der Waals surface area (Å²) in [7, 11) is 1.67. The molecule has 1 spiro atoms. The topological polar surface area (TPSA) is 74.3 Å². The van der Waals surface area contributed by atoms with Gasteiger partial charge in [0, 0.05) is 44.7 Å². The molecule has 0 radical (unpaired) electrons. The third kappa shape index (κ3) is 5.92. The van der Waals surface area contributed by atoms with Gasteiger partial charge >= 0.3 is 6.09 Å². The number of hydrogen-bond acceptors (Lipinski definition) is 6. The molecule has 1 saturated carbocycles. The van der Waals surface area contributed by atoms with Crippen molar-refractivity contribution >= 4 is 12.0 Å². The van der Waals surface area contributed by atoms with Gasteiger partial charge in [-0.2, -0.15) is 0 Å². The van der Waals surface area contributed by atoms with Gasteiger partial charge in [0.2, 0.25) is 5.91 Å². The molecule has 0 aromatic heterocycles. The molecule has 208 valence electrons. The van der Waals surface area contributed by atoms with Crippen LogP contribution in [0.5, 0.6) is 5.75 Å². The molecule has 2 aromatic carbocycles. The number of carbonyl (C=O) groups is 2. The zero-order chi connectivity index (χ0) is 26.8. The van der Waals surface area contributed by atoms with Gasteiger partial charge in [0.25, 0.3) is 0 Å². The second-order valence-corrected chi connectivity index (χ2v) is 11.8. The van der Waals surface area contributed by atoms with Crippen LogP contribution in [0.2, 0.25) is 0 Å². The monoisotopic (exact) mass is 532 g/mol. The van der Waals surface area contributed by atoms with Gasteiger partial charge < -0.3 is 24.7 Å². The fraction of sp³-hybridized carbons (Fsp3) is 0.548. The van der Waals surface area contributed by atoms with Crippen molar-refractivity contribution in [1.29, 1.82) is 0 Å². The Labute approximate surface area is 231 Å². The Morgan fingerprint density at radius 1 is 0.974 bits per heavy atom. The fourth-order valence-corrected chi connectivity index (χ4v) is 6.66. The van der Waals surface area contributed by atoms with Crippen LogP contribution in [-0.4, -0.2) is 79.3 Å². The van der Waals surface area contributed by atoms with Crippen molar-refractivity contribution in [2.45, 2.75) is 50.6 Å². The number of benzene rings is 2. The van der Waals surface area contributed by atoms with Gasteiger partial charge in [-0.1, -0.05) is 42.5 Å². The highest BCUT2D eigenvalue weighted by Crippen LogP contribution is 2.43. The van der Waals surface area contributed by atoms with E-state index in [1.807, 2.05) is 40.3 Å². The number of rotatable bonds is 8. The molecule has 3 saturated heterocycles. The molecule has 6 rings (SSSR count). The van der Waals surface area contributed by atoms with E-state index in [1.165, 1.54) is 5.56 Å². The predicted octanol–water partition coefficient (Wildman–Crippen LogP) is 4.03. The molecule has 0 unspecified atom stereocenters. The first-order chi connectivity index (χ1) is 19.0. The lowest BCUT2D eigenvalue weighted by Gasteiger charge is -2.39. The number of likely N-dealkylation sites (tertiary alicyclic amines) is 2. The summed E-state index contributed by atoms with van der Waals surface area (Å²) in [4.78, 5) is 36.1. The maximum absolute atomic E-state index is 13.5. The van der Waals surface area contributed by atoms with Gasteiger partial charge in [-0.15, -0.1) is 5.06 Å². The number of carbonyl (C=O) groups excluding carboxylic acids is 2. The van der Waals surface area contributed by atoms with Crippen LogP contribution >= 0.6 is 0 Å². The molecule has 2 atom stereocenters. The van der Waals surface area contributed by atoms with Crippen LogP contribution in [0.3, 0.4) is 0 Å². The summed E-state index contributed by atoms with van der Waals surface area (Å²) in [5, 5.41) is 4.78. The molecule has 2 amide bonds. The molecule has 3 aliphatic heterocycles. The average Bonchev–Trinajstić information content (AvgIpc) is 3.62. The predicted molar refractivity (Wildman–Crippen MR) is 148 cm³/mol. The number of amides is 2. The molecule has 1 aliphatic carbocycles. The summed E-state index contributed by atoms with van der Waals surface area (Å²) in [6, 6.07) is 18.9. The summed E-state index contributed by atoms with van der Waals surface area (Å²) in [5.41, 5.74) is 2.22. The maximum atomic E-state index is 13.5. The quantitative estimate of drug-likeness (QED) is 0.554. The Bertz CT molecular complexity index is 1140. The molecule has 4 aliphatic rings. The van der Waals surface area contributed by atoms with E-state index < -0.39 is 0 Å². The molecule has 2 aromatic rings. The molecular weight excluding hydrogens is 492 g/mol. The van der Waals surface area contributed by atoms with Gasteiger partial charge in [-0.3, -0.25) is 4.79 Å². The second-order valence-electron chi connectivity index (χ2n) is 11.8. The number of hydroxylamine groups is 2. The van der Waals surface area contributed by atoms with Gasteiger partial charge in [0.05, 0.1) is 12.5 Å². The number of piperidine rings is 1. The minimum absolute atomic E-state index is 0.215. The minimum atomic E-state index is -0.330. The van der Waals surface area contributed by atoms with Crippen LogP contribution in [0, 0.1) is 11.3 Å². The smallest absolute Gasteiger partial charge is 0.426 e. The van der Waals surface area contributed by atoms with Crippen molar-refractivity contribution in [3.8, 4) is 5.75 Å². The zero-order valence-electron chi connectivity index (χ0n) is 22.9. The van der Waals surface area contributed by atoms with Crippen molar-refractivity contribution in [2.75, 3.05) is 46.4 Å². The van der Waals surface area contributed by atoms with Crippen molar-refractivity contribution in [3.63, 3.8) is 0 Å². The largest absolute Gasteiger partial charge is 0.497 e. The van der Waals surface area contributed by atoms with Crippen LogP contribution in [-0.2, 0) is 16.2 Å². The fourth-order valence-electron chi connectivity index (χ4n) is 6.66. The molecule has 3 heterocycles. The number of nitrogens with one attached hydrogen (secondary N) is 1. The Hall–Kier alpha value is -3.10. The van der Waals surface area contributed by atoms with Gasteiger partial charge in [0.15, 0.2) is 0 Å². The number of nitrogens with zero attached hydrogens (tertiary/aromatic N) is 3. The van der Waals surface area contributed by atoms with Gasteiger partial charge in [0.1, 0.15) is 5.75 Å². The van der Waals surface area contributed by atoms with E-state index in [1.54, 1.807) is 7.11 Å². The lowest BCUT2D eigenvalue weighted by molar-refractivity contribution is -0.139. The summed E-state index contributed by atoms with van der Waals surface area (Å²) in [5.74, 6) is 1.83. The third-order valence-electron chi connectivity index (χ3n) is 9.19. The van der Waals surface area contributed by atoms with Crippen molar-refractivity contribution in [1.82, 2.24) is 20.2 Å². The first-order valence-electron chi connectivity index (χ1n) is 14.4. The Balaban J connectivity index is 1.05. The van der Waals surface area contributed by atoms with Gasteiger partial charge in [-0.25, -0.2) is 4.79 Å². The van der Waals surface area contributed by atoms with Gasteiger partial charge in [-0.05, 0) is 74.4 Å². The SMILES string of the molecule is COc1ccc(CN2CCC3(CCN(C[C@H]4CN(OC(=O)NC5CC5)C[C@@H]4c4ccccc4)CC3)C2=O)cc1. The van der Waals surface area contributed by atoms with E-state index in [0.29, 0.717) is 30.8 Å². The van der Waals surface area contributed by atoms with E-state index in [2.05, 4.69) is 34.5 Å². The van der Waals surface area contributed by atoms with Crippen LogP contribution in [0.1, 0.15) is 49.1 Å². The Morgan fingerprint density at radius 3 is 2.38 bits per heavy atom. The summed E-state index contributed by atoms with van der Waals surface area (Å²) >= 11 is 0. The highest BCUT2D eigenvalue weighted by Gasteiger charge is 2.48. The van der Waals surface area contributed by atoms with Crippen LogP contribution in [0.15, 0.2) is 54.6 Å². The average molecular weight is 533 g/mol. The number of methoxy groups -OCH3 is 1. The Kier molecular flexibility index (Phi) is 7.49. The summed E-state index contributed by atoms with van der Waals surface area (Å²) in [6.07, 6.45) is 4.54. The van der Waals surface area contributed by atoms with E-state index in [4.69, 9.17) is 9.57 Å². The van der Waals surface area contributed by atoms with Crippen molar-refractivity contribution in [2.24, 2.45) is 11.3 Å². The lowest BCUT2D eigenvalue weighted by atomic mass is 9.76. The highest BCUT2D eigenvalue weighted by atomic mass is 16.7. The summed E-state index contributed by atoms with van der Waals surface area (Å²) < 4.78 is 5.27. The van der Waals surface area contributed by atoms with Crippen LogP contribution in [0.4, 0.5) is 4.79 Å². The van der Waals surface area contributed by atoms with E-state index >= 15 is 0 Å². The normalized spacial score (nSPS) is 25.3. The molecule has 4 fully saturated rings. The van der Waals surface area contributed by atoms with Crippen LogP contribution < -0.4 is 10.1 Å². The molecule has 39 heavy (non-hydrogen) atoms. The van der Waals surface area contributed by atoms with Crippen LogP contribution in [0.25, 0.3) is 0 Å². The standard InChI is InChI=1S/C31H40N4O4/c1-38-27-11-7-23(8-12-27)19-34-18-15-31(29(34)36)13-16-33(17-14-31)20-25-21-35(39-30(37)32-26-9-10-26)22-28(25)24-5-3-2-4-6-24/h2-8,11-12,25-26,28H,9-10,13-22H2,1H3,(H,32,37)/t25-,28+/m0/s1.